The average molecular weight is 351 g/mol. The highest BCUT2D eigenvalue weighted by molar-refractivity contribution is 6.74. The van der Waals surface area contributed by atoms with Crippen molar-refractivity contribution in [3.8, 4) is 0 Å². The van der Waals surface area contributed by atoms with E-state index in [1.165, 1.54) is 12.8 Å². The molecule has 0 aromatic heterocycles. The lowest BCUT2D eigenvalue weighted by Crippen LogP contribution is -2.51. The van der Waals surface area contributed by atoms with Gasteiger partial charge in [-0.05, 0) is 67.0 Å². The summed E-state index contributed by atoms with van der Waals surface area (Å²) in [5, 5.41) is 0.241. The van der Waals surface area contributed by atoms with Crippen LogP contribution in [-0.4, -0.2) is 20.2 Å². The van der Waals surface area contributed by atoms with Gasteiger partial charge in [0.15, 0.2) is 8.32 Å². The van der Waals surface area contributed by atoms with E-state index in [4.69, 9.17) is 4.43 Å². The number of hydrogen-bond acceptors (Lipinski definition) is 2. The third-order valence-corrected chi connectivity index (χ3v) is 12.7. The van der Waals surface area contributed by atoms with Gasteiger partial charge in [-0.15, -0.1) is 0 Å². The molecule has 0 saturated heterocycles. The van der Waals surface area contributed by atoms with E-state index < -0.39 is 8.32 Å². The highest BCUT2D eigenvalue weighted by Gasteiger charge is 2.57. The van der Waals surface area contributed by atoms with Crippen LogP contribution < -0.4 is 0 Å². The molecule has 0 aromatic rings. The molecule has 0 spiro atoms. The molecule has 3 saturated carbocycles. The van der Waals surface area contributed by atoms with Gasteiger partial charge in [-0.25, -0.2) is 0 Å². The van der Waals surface area contributed by atoms with Gasteiger partial charge in [-0.2, -0.15) is 0 Å². The second-order valence-corrected chi connectivity index (χ2v) is 15.2. The molecule has 3 heteroatoms. The lowest BCUT2D eigenvalue weighted by atomic mass is 9.65. The Balaban J connectivity index is 1.90. The standard InChI is InChI=1S/C21H38O2Si/c1-8-14-13(2)11-17-15-9-10-18(22)16(15)12-19(20(14)17)23-24(6,7)21(3,4)5/h13-17,19-20H,8-12H2,1-7H3/t13-,14-,15+,16-,17-,19-,20+/m1/s1. The fourth-order valence-corrected chi connectivity index (χ4v) is 7.35. The van der Waals surface area contributed by atoms with Crippen LogP contribution in [0, 0.1) is 35.5 Å². The summed E-state index contributed by atoms with van der Waals surface area (Å²) in [4.78, 5) is 12.5. The molecule has 0 N–H and O–H groups in total. The molecule has 0 aliphatic heterocycles. The Labute approximate surface area is 150 Å². The van der Waals surface area contributed by atoms with E-state index >= 15 is 0 Å². The van der Waals surface area contributed by atoms with Crippen LogP contribution in [0.3, 0.4) is 0 Å². The number of ketones is 1. The Kier molecular flexibility index (Phi) is 4.83. The minimum atomic E-state index is -1.79. The lowest BCUT2D eigenvalue weighted by molar-refractivity contribution is -0.125. The van der Waals surface area contributed by atoms with Crippen molar-refractivity contribution in [3.05, 3.63) is 0 Å². The van der Waals surface area contributed by atoms with Crippen molar-refractivity contribution in [2.75, 3.05) is 0 Å². The van der Waals surface area contributed by atoms with E-state index in [-0.39, 0.29) is 5.04 Å². The summed E-state index contributed by atoms with van der Waals surface area (Å²) < 4.78 is 6.98. The quantitative estimate of drug-likeness (QED) is 0.613. The van der Waals surface area contributed by atoms with Gasteiger partial charge in [0.2, 0.25) is 0 Å². The zero-order chi connectivity index (χ0) is 17.9. The van der Waals surface area contributed by atoms with Gasteiger partial charge in [0.1, 0.15) is 5.78 Å². The maximum Gasteiger partial charge on any atom is 0.192 e. The number of carbonyl (C=O) groups is 1. The Morgan fingerprint density at radius 2 is 1.83 bits per heavy atom. The molecule has 3 aliphatic carbocycles. The van der Waals surface area contributed by atoms with Crippen molar-refractivity contribution >= 4 is 14.1 Å². The van der Waals surface area contributed by atoms with E-state index in [0.29, 0.717) is 29.6 Å². The SMILES string of the molecule is CC[C@H]1[C@H]2[C@H](C[C@H]1C)[C@H]1CCC(=O)[C@@H]1C[C@H]2O[Si](C)(C)C(C)(C)C. The van der Waals surface area contributed by atoms with Crippen molar-refractivity contribution in [2.24, 2.45) is 35.5 Å². The van der Waals surface area contributed by atoms with Gasteiger partial charge in [0.05, 0.1) is 0 Å². The predicted octanol–water partition coefficient (Wildman–Crippen LogP) is 5.67. The summed E-state index contributed by atoms with van der Waals surface area (Å²) in [5.41, 5.74) is 0. The molecular weight excluding hydrogens is 312 g/mol. The summed E-state index contributed by atoms with van der Waals surface area (Å²) in [6.07, 6.45) is 5.92. The maximum absolute atomic E-state index is 12.5. The van der Waals surface area contributed by atoms with Crippen LogP contribution in [0.4, 0.5) is 0 Å². The molecule has 3 fully saturated rings. The predicted molar refractivity (Wildman–Crippen MR) is 102 cm³/mol. The Morgan fingerprint density at radius 3 is 2.42 bits per heavy atom. The van der Waals surface area contributed by atoms with Gasteiger partial charge in [0, 0.05) is 18.4 Å². The van der Waals surface area contributed by atoms with E-state index in [1.807, 2.05) is 0 Å². The summed E-state index contributed by atoms with van der Waals surface area (Å²) >= 11 is 0. The van der Waals surface area contributed by atoms with Crippen LogP contribution in [0.15, 0.2) is 0 Å². The molecule has 3 rings (SSSR count). The molecule has 0 radical (unpaired) electrons. The summed E-state index contributed by atoms with van der Waals surface area (Å²) in [5.74, 6) is 4.54. The minimum absolute atomic E-state index is 0.241. The van der Waals surface area contributed by atoms with Crippen LogP contribution in [0.5, 0.6) is 0 Å². The molecule has 138 valence electrons. The van der Waals surface area contributed by atoms with Crippen molar-refractivity contribution in [1.82, 2.24) is 0 Å². The molecule has 0 aromatic carbocycles. The minimum Gasteiger partial charge on any atom is -0.414 e. The summed E-state index contributed by atoms with van der Waals surface area (Å²) in [7, 11) is -1.79. The monoisotopic (exact) mass is 350 g/mol. The number of carbonyl (C=O) groups excluding carboxylic acids is 1. The van der Waals surface area contributed by atoms with Crippen molar-refractivity contribution < 1.29 is 9.22 Å². The van der Waals surface area contributed by atoms with Crippen LogP contribution in [0.1, 0.15) is 66.7 Å². The first-order valence-electron chi connectivity index (χ1n) is 10.3. The molecule has 3 aliphatic rings. The average Bonchev–Trinajstić information content (AvgIpc) is 2.98. The number of hydrogen-bond donors (Lipinski definition) is 0. The summed E-state index contributed by atoms with van der Waals surface area (Å²) in [6.45, 7) is 16.6. The molecule has 7 atom stereocenters. The molecule has 2 nitrogen and oxygen atoms in total. The largest absolute Gasteiger partial charge is 0.414 e. The topological polar surface area (TPSA) is 26.3 Å². The molecule has 24 heavy (non-hydrogen) atoms. The molecule has 0 unspecified atom stereocenters. The summed E-state index contributed by atoms with van der Waals surface area (Å²) in [6, 6.07) is 0. The van der Waals surface area contributed by atoms with E-state index in [9.17, 15) is 4.79 Å². The Hall–Kier alpha value is -0.153. The van der Waals surface area contributed by atoms with Crippen LogP contribution in [-0.2, 0) is 9.22 Å². The van der Waals surface area contributed by atoms with Crippen molar-refractivity contribution in [3.63, 3.8) is 0 Å². The maximum atomic E-state index is 12.5. The normalized spacial score (nSPS) is 43.0. The second kappa shape index (κ2) is 6.23. The number of Topliss-reactive ketones (excluding diaryl/α,β-unsaturated/α-hetero) is 1. The van der Waals surface area contributed by atoms with Crippen LogP contribution in [0.25, 0.3) is 0 Å². The van der Waals surface area contributed by atoms with Gasteiger partial charge >= 0.3 is 0 Å². The highest BCUT2D eigenvalue weighted by atomic mass is 28.4. The molecular formula is C21H38O2Si. The van der Waals surface area contributed by atoms with E-state index in [2.05, 4.69) is 47.7 Å². The van der Waals surface area contributed by atoms with Crippen molar-refractivity contribution in [1.29, 1.82) is 0 Å². The van der Waals surface area contributed by atoms with Gasteiger partial charge < -0.3 is 4.43 Å². The number of fused-ring (bicyclic) bond motifs is 3. The smallest absolute Gasteiger partial charge is 0.192 e. The van der Waals surface area contributed by atoms with E-state index in [1.54, 1.807) is 0 Å². The number of rotatable bonds is 3. The first-order chi connectivity index (χ1) is 11.1. The van der Waals surface area contributed by atoms with E-state index in [0.717, 1.165) is 37.0 Å². The zero-order valence-electron chi connectivity index (χ0n) is 16.9. The Bertz CT molecular complexity index is 493. The zero-order valence-corrected chi connectivity index (χ0v) is 17.9. The Morgan fingerprint density at radius 1 is 1.17 bits per heavy atom. The van der Waals surface area contributed by atoms with Crippen molar-refractivity contribution in [2.45, 2.75) is 91.0 Å². The molecule has 0 amide bonds. The third kappa shape index (κ3) is 2.94. The fourth-order valence-electron chi connectivity index (χ4n) is 5.99. The fraction of sp³-hybridized carbons (Fsp3) is 0.952. The third-order valence-electron chi connectivity index (χ3n) is 8.21. The van der Waals surface area contributed by atoms with Crippen LogP contribution in [0.2, 0.25) is 18.1 Å². The van der Waals surface area contributed by atoms with Gasteiger partial charge in [-0.1, -0.05) is 41.0 Å². The second-order valence-electron chi connectivity index (χ2n) is 10.5. The van der Waals surface area contributed by atoms with Gasteiger partial charge in [-0.3, -0.25) is 4.79 Å². The lowest BCUT2D eigenvalue weighted by Gasteiger charge is -2.48. The van der Waals surface area contributed by atoms with Crippen LogP contribution >= 0.6 is 0 Å². The first-order valence-corrected chi connectivity index (χ1v) is 13.2. The molecule has 0 heterocycles. The first kappa shape index (κ1) is 18.6. The highest BCUT2D eigenvalue weighted by Crippen LogP contribution is 2.58. The van der Waals surface area contributed by atoms with Gasteiger partial charge in [0.25, 0.3) is 0 Å². The molecule has 0 bridgehead atoms.